The van der Waals surface area contributed by atoms with Gasteiger partial charge in [0.1, 0.15) is 10.6 Å². The van der Waals surface area contributed by atoms with Crippen molar-refractivity contribution in [1.29, 1.82) is 0 Å². The van der Waals surface area contributed by atoms with Crippen molar-refractivity contribution in [3.05, 3.63) is 83.4 Å². The highest BCUT2D eigenvalue weighted by Crippen LogP contribution is 2.32. The van der Waals surface area contributed by atoms with E-state index < -0.39 is 10.0 Å². The third kappa shape index (κ3) is 3.72. The van der Waals surface area contributed by atoms with Gasteiger partial charge in [-0.05, 0) is 60.7 Å². The van der Waals surface area contributed by atoms with E-state index in [-0.39, 0.29) is 4.90 Å². The van der Waals surface area contributed by atoms with Crippen molar-refractivity contribution in [1.82, 2.24) is 9.78 Å². The second kappa shape index (κ2) is 7.26. The molecule has 0 saturated carbocycles. The number of hydrogen-bond acceptors (Lipinski definition) is 4. The summed E-state index contributed by atoms with van der Waals surface area (Å²) in [5, 5.41) is 6.48. The van der Waals surface area contributed by atoms with Crippen molar-refractivity contribution < 1.29 is 8.42 Å². The molecule has 0 saturated heterocycles. The van der Waals surface area contributed by atoms with Gasteiger partial charge in [-0.1, -0.05) is 30.3 Å². The number of aromatic nitrogens is 2. The highest BCUT2D eigenvalue weighted by atomic mass is 32.2. The largest absolute Gasteiger partial charge is 0.279 e. The molecule has 4 rings (SSSR count). The third-order valence-electron chi connectivity index (χ3n) is 4.22. The van der Waals surface area contributed by atoms with Gasteiger partial charge >= 0.3 is 0 Å². The van der Waals surface area contributed by atoms with Gasteiger partial charge in [0.15, 0.2) is 0 Å². The molecule has 0 aliphatic heterocycles. The predicted molar refractivity (Wildman–Crippen MR) is 114 cm³/mol. The fourth-order valence-electron chi connectivity index (χ4n) is 3.10. The number of thiophene rings is 1. The minimum Gasteiger partial charge on any atom is -0.279 e. The lowest BCUT2D eigenvalue weighted by Gasteiger charge is -2.09. The number of nitrogens with one attached hydrogen (secondary N) is 1. The lowest BCUT2D eigenvalue weighted by molar-refractivity contribution is 0.601. The van der Waals surface area contributed by atoms with Crippen LogP contribution in [0.2, 0.25) is 0 Å². The van der Waals surface area contributed by atoms with Crippen LogP contribution in [-0.2, 0) is 10.0 Å². The number of hydrogen-bond donors (Lipinski definition) is 1. The molecule has 2 aromatic carbocycles. The molecule has 2 heterocycles. The summed E-state index contributed by atoms with van der Waals surface area (Å²) in [5.74, 6) is 0. The van der Waals surface area contributed by atoms with E-state index in [1.165, 1.54) is 11.3 Å². The molecule has 0 atom stereocenters. The van der Waals surface area contributed by atoms with E-state index in [1.54, 1.807) is 10.9 Å². The summed E-state index contributed by atoms with van der Waals surface area (Å²) >= 11 is 1.46. The number of nitrogens with zero attached hydrogens (tertiary/aromatic N) is 2. The Kier molecular flexibility index (Phi) is 4.78. The summed E-state index contributed by atoms with van der Waals surface area (Å²) in [5.41, 5.74) is 3.78. The Morgan fingerprint density at radius 3 is 2.32 bits per heavy atom. The van der Waals surface area contributed by atoms with Crippen molar-refractivity contribution in [2.75, 3.05) is 4.72 Å². The first-order valence-corrected chi connectivity index (χ1v) is 11.1. The van der Waals surface area contributed by atoms with Gasteiger partial charge < -0.3 is 0 Å². The zero-order valence-corrected chi connectivity index (χ0v) is 17.1. The normalized spacial score (nSPS) is 11.5. The van der Waals surface area contributed by atoms with Crippen LogP contribution in [0.5, 0.6) is 0 Å². The minimum absolute atomic E-state index is 0.151. The van der Waals surface area contributed by atoms with Crippen LogP contribution in [-0.4, -0.2) is 18.2 Å². The smallest absolute Gasteiger partial charge is 0.265 e. The Balaban J connectivity index is 1.82. The van der Waals surface area contributed by atoms with Gasteiger partial charge in [-0.15, -0.1) is 11.3 Å². The Bertz CT molecular complexity index is 1190. The molecular formula is C21H19N3O2S2. The standard InChI is InChI=1S/C21H19N3O2S2/c1-15-11-16(2)13-17(12-15)23-28(25,26)20-14-24(18-7-4-3-5-8-18)22-21(20)19-9-6-10-27-19/h3-14,23H,1-2H3. The molecule has 28 heavy (non-hydrogen) atoms. The fraction of sp³-hybridized carbons (Fsp3) is 0.0952. The van der Waals surface area contributed by atoms with E-state index in [0.29, 0.717) is 11.4 Å². The molecule has 0 amide bonds. The highest BCUT2D eigenvalue weighted by molar-refractivity contribution is 7.92. The lowest BCUT2D eigenvalue weighted by Crippen LogP contribution is -2.13. The summed E-state index contributed by atoms with van der Waals surface area (Å²) in [6, 6.07) is 18.9. The van der Waals surface area contributed by atoms with Crippen molar-refractivity contribution >= 4 is 27.0 Å². The summed E-state index contributed by atoms with van der Waals surface area (Å²) in [6.45, 7) is 3.88. The second-order valence-corrected chi connectivity index (χ2v) is 9.18. The number of aryl methyl sites for hydroxylation is 2. The van der Waals surface area contributed by atoms with Gasteiger partial charge in [-0.25, -0.2) is 13.1 Å². The molecule has 0 spiro atoms. The maximum atomic E-state index is 13.2. The first kappa shape index (κ1) is 18.5. The van der Waals surface area contributed by atoms with Crippen LogP contribution < -0.4 is 4.72 Å². The van der Waals surface area contributed by atoms with Crippen LogP contribution in [0.4, 0.5) is 5.69 Å². The Labute approximate surface area is 168 Å². The first-order valence-electron chi connectivity index (χ1n) is 8.72. The lowest BCUT2D eigenvalue weighted by atomic mass is 10.1. The van der Waals surface area contributed by atoms with Crippen LogP contribution in [0.15, 0.2) is 77.1 Å². The molecule has 4 aromatic rings. The summed E-state index contributed by atoms with van der Waals surface area (Å²) in [4.78, 5) is 0.952. The van der Waals surface area contributed by atoms with E-state index >= 15 is 0 Å². The fourth-order valence-corrected chi connectivity index (χ4v) is 5.07. The molecule has 2 aromatic heterocycles. The van der Waals surface area contributed by atoms with Crippen LogP contribution in [0, 0.1) is 13.8 Å². The van der Waals surface area contributed by atoms with Crippen LogP contribution in [0.1, 0.15) is 11.1 Å². The molecule has 142 valence electrons. The van der Waals surface area contributed by atoms with Crippen molar-refractivity contribution in [3.8, 4) is 16.3 Å². The highest BCUT2D eigenvalue weighted by Gasteiger charge is 2.25. The summed E-state index contributed by atoms with van der Waals surface area (Å²) < 4.78 is 30.8. The van der Waals surface area contributed by atoms with Gasteiger partial charge in [-0.3, -0.25) is 4.72 Å². The van der Waals surface area contributed by atoms with Gasteiger partial charge in [0.2, 0.25) is 0 Å². The van der Waals surface area contributed by atoms with Crippen LogP contribution in [0.25, 0.3) is 16.3 Å². The minimum atomic E-state index is -3.82. The van der Waals surface area contributed by atoms with Crippen molar-refractivity contribution in [3.63, 3.8) is 0 Å². The number of benzene rings is 2. The summed E-state index contributed by atoms with van der Waals surface area (Å²) in [6.07, 6.45) is 1.56. The number of rotatable bonds is 5. The van der Waals surface area contributed by atoms with Crippen molar-refractivity contribution in [2.45, 2.75) is 18.7 Å². The predicted octanol–water partition coefficient (Wildman–Crippen LogP) is 5.02. The van der Waals surface area contributed by atoms with Crippen LogP contribution >= 0.6 is 11.3 Å². The average Bonchev–Trinajstić information content (AvgIpc) is 3.31. The van der Waals surface area contributed by atoms with Gasteiger partial charge in [-0.2, -0.15) is 5.10 Å². The molecule has 0 bridgehead atoms. The average molecular weight is 410 g/mol. The Hall–Kier alpha value is -2.90. The molecule has 7 heteroatoms. The number of para-hydroxylation sites is 1. The molecule has 0 aliphatic carbocycles. The zero-order chi connectivity index (χ0) is 19.7. The molecule has 0 unspecified atom stereocenters. The number of anilines is 1. The Morgan fingerprint density at radius 2 is 1.68 bits per heavy atom. The van der Waals surface area contributed by atoms with E-state index in [9.17, 15) is 8.42 Å². The van der Waals surface area contributed by atoms with Gasteiger partial charge in [0, 0.05) is 5.69 Å². The Morgan fingerprint density at radius 1 is 0.964 bits per heavy atom. The first-order chi connectivity index (χ1) is 13.4. The van der Waals surface area contributed by atoms with Crippen molar-refractivity contribution in [2.24, 2.45) is 0 Å². The molecule has 1 N–H and O–H groups in total. The van der Waals surface area contributed by atoms with E-state index in [4.69, 9.17) is 0 Å². The maximum absolute atomic E-state index is 13.2. The zero-order valence-electron chi connectivity index (χ0n) is 15.5. The van der Waals surface area contributed by atoms with Gasteiger partial charge in [0.05, 0.1) is 16.8 Å². The molecule has 0 radical (unpaired) electrons. The molecular weight excluding hydrogens is 390 g/mol. The molecule has 0 fully saturated rings. The van der Waals surface area contributed by atoms with Crippen LogP contribution in [0.3, 0.4) is 0 Å². The molecule has 5 nitrogen and oxygen atoms in total. The maximum Gasteiger partial charge on any atom is 0.265 e. The molecule has 0 aliphatic rings. The summed E-state index contributed by atoms with van der Waals surface area (Å²) in [7, 11) is -3.82. The quantitative estimate of drug-likeness (QED) is 0.503. The SMILES string of the molecule is Cc1cc(C)cc(NS(=O)(=O)c2cn(-c3ccccc3)nc2-c2cccs2)c1. The van der Waals surface area contributed by atoms with E-state index in [1.807, 2.05) is 79.9 Å². The topological polar surface area (TPSA) is 64.0 Å². The van der Waals surface area contributed by atoms with Gasteiger partial charge in [0.25, 0.3) is 10.0 Å². The third-order valence-corrected chi connectivity index (χ3v) is 6.48. The van der Waals surface area contributed by atoms with E-state index in [2.05, 4.69) is 9.82 Å². The monoisotopic (exact) mass is 409 g/mol. The number of sulfonamides is 1. The van der Waals surface area contributed by atoms with E-state index in [0.717, 1.165) is 21.7 Å². The second-order valence-electron chi connectivity index (χ2n) is 6.58.